The van der Waals surface area contributed by atoms with Gasteiger partial charge in [0.25, 0.3) is 0 Å². The van der Waals surface area contributed by atoms with Crippen LogP contribution in [0.2, 0.25) is 0 Å². The highest BCUT2D eigenvalue weighted by Gasteiger charge is 2.21. The molecule has 0 amide bonds. The molecule has 1 aromatic heterocycles. The van der Waals surface area contributed by atoms with Crippen LogP contribution >= 0.6 is 0 Å². The number of anilines is 3. The Balaban J connectivity index is 1.00. The summed E-state index contributed by atoms with van der Waals surface area (Å²) in [6.45, 7) is 0. The van der Waals surface area contributed by atoms with E-state index in [4.69, 9.17) is 0 Å². The lowest BCUT2D eigenvalue weighted by atomic mass is 9.94. The van der Waals surface area contributed by atoms with Crippen LogP contribution in [0.5, 0.6) is 0 Å². The van der Waals surface area contributed by atoms with Gasteiger partial charge in [-0.05, 0) is 127 Å². The van der Waals surface area contributed by atoms with Gasteiger partial charge < -0.3 is 9.47 Å². The van der Waals surface area contributed by atoms with Crippen LogP contribution in [0.25, 0.3) is 93.5 Å². The second-order valence-corrected chi connectivity index (χ2v) is 16.5. The van der Waals surface area contributed by atoms with E-state index in [1.807, 2.05) is 0 Å². The highest BCUT2D eigenvalue weighted by molar-refractivity contribution is 6.24. The van der Waals surface area contributed by atoms with Crippen molar-refractivity contribution in [1.82, 2.24) is 4.57 Å². The summed E-state index contributed by atoms with van der Waals surface area (Å²) < 4.78 is 2.44. The molecule has 2 heteroatoms. The highest BCUT2D eigenvalue weighted by atomic mass is 15.1. The molecule has 300 valence electrons. The Labute approximate surface area is 373 Å². The molecule has 0 unspecified atom stereocenters. The third-order valence-electron chi connectivity index (χ3n) is 12.7. The molecule has 0 fully saturated rings. The molecule has 12 rings (SSSR count). The van der Waals surface area contributed by atoms with E-state index < -0.39 is 0 Å². The summed E-state index contributed by atoms with van der Waals surface area (Å²) in [7, 11) is 0. The van der Waals surface area contributed by atoms with Crippen molar-refractivity contribution in [2.75, 3.05) is 4.90 Å². The van der Waals surface area contributed by atoms with Crippen LogP contribution in [-0.4, -0.2) is 4.57 Å². The van der Waals surface area contributed by atoms with Gasteiger partial charge in [-0.25, -0.2) is 0 Å². The number of fused-ring (bicyclic) bond motifs is 6. The van der Waals surface area contributed by atoms with E-state index >= 15 is 0 Å². The first-order chi connectivity index (χ1) is 31.7. The van der Waals surface area contributed by atoms with E-state index in [0.717, 1.165) is 28.3 Å². The van der Waals surface area contributed by atoms with Gasteiger partial charge in [0, 0.05) is 38.9 Å². The van der Waals surface area contributed by atoms with Gasteiger partial charge in [-0.15, -0.1) is 0 Å². The van der Waals surface area contributed by atoms with Crippen molar-refractivity contribution in [2.45, 2.75) is 0 Å². The fourth-order valence-electron chi connectivity index (χ4n) is 9.63. The van der Waals surface area contributed by atoms with E-state index in [0.29, 0.717) is 0 Å². The fraction of sp³-hybridized carbons (Fsp3) is 0. The quantitative estimate of drug-likeness (QED) is 0.148. The molecule has 64 heavy (non-hydrogen) atoms. The van der Waals surface area contributed by atoms with Gasteiger partial charge in [-0.2, -0.15) is 0 Å². The molecule has 12 aromatic rings. The molecule has 1 heterocycles. The molecule has 0 atom stereocenters. The van der Waals surface area contributed by atoms with Crippen molar-refractivity contribution in [3.05, 3.63) is 255 Å². The van der Waals surface area contributed by atoms with Crippen molar-refractivity contribution in [1.29, 1.82) is 0 Å². The van der Waals surface area contributed by atoms with Gasteiger partial charge in [0.15, 0.2) is 0 Å². The van der Waals surface area contributed by atoms with Crippen molar-refractivity contribution in [2.24, 2.45) is 0 Å². The van der Waals surface area contributed by atoms with Gasteiger partial charge in [0.2, 0.25) is 0 Å². The Hall–Kier alpha value is -8.46. The van der Waals surface area contributed by atoms with Crippen molar-refractivity contribution < 1.29 is 0 Å². The topological polar surface area (TPSA) is 8.17 Å². The standard InChI is InChI=1S/C62H42N2/c1-3-14-43(15-4-1)45-26-28-46(29-27-45)47-32-36-54(37-33-47)63(55-38-34-48(35-39-55)50-31-30-44-16-7-8-17-49(44)40-50)56-22-13-19-51(41-56)59-42-52-18-9-10-23-57(52)62-61(59)58-24-11-12-25-60(58)64(62)53-20-5-2-6-21-53/h1-42H. The smallest absolute Gasteiger partial charge is 0.0625 e. The first-order valence-corrected chi connectivity index (χ1v) is 22.0. The number of hydrogen-bond donors (Lipinski definition) is 0. The number of para-hydroxylation sites is 2. The predicted octanol–water partition coefficient (Wildman–Crippen LogP) is 17.2. The molecule has 0 spiro atoms. The average Bonchev–Trinajstić information content (AvgIpc) is 3.73. The van der Waals surface area contributed by atoms with Crippen molar-refractivity contribution in [3.63, 3.8) is 0 Å². The van der Waals surface area contributed by atoms with E-state index in [-0.39, 0.29) is 0 Å². The predicted molar refractivity (Wildman–Crippen MR) is 272 cm³/mol. The minimum Gasteiger partial charge on any atom is -0.310 e. The third kappa shape index (κ3) is 6.61. The molecule has 0 N–H and O–H groups in total. The monoisotopic (exact) mass is 814 g/mol. The maximum atomic E-state index is 2.44. The van der Waals surface area contributed by atoms with Gasteiger partial charge in [0.1, 0.15) is 0 Å². The zero-order valence-electron chi connectivity index (χ0n) is 35.1. The van der Waals surface area contributed by atoms with Crippen LogP contribution in [0.1, 0.15) is 0 Å². The van der Waals surface area contributed by atoms with Gasteiger partial charge in [-0.3, -0.25) is 0 Å². The van der Waals surface area contributed by atoms with Gasteiger partial charge in [0.05, 0.1) is 11.0 Å². The number of benzene rings is 11. The SMILES string of the molecule is c1ccc(-c2ccc(-c3ccc(N(c4ccc(-c5ccc6ccccc6c5)cc4)c4cccc(-c5cc6ccccc6c6c5c5ccccc5n6-c5ccccc5)c4)cc3)cc2)cc1. The molecular formula is C62H42N2. The fourth-order valence-corrected chi connectivity index (χ4v) is 9.63. The summed E-state index contributed by atoms with van der Waals surface area (Å²) in [4.78, 5) is 2.39. The number of rotatable bonds is 8. The summed E-state index contributed by atoms with van der Waals surface area (Å²) in [5.41, 5.74) is 16.4. The summed E-state index contributed by atoms with van der Waals surface area (Å²) in [5, 5.41) is 7.43. The van der Waals surface area contributed by atoms with Crippen LogP contribution in [0, 0.1) is 0 Å². The van der Waals surface area contributed by atoms with Crippen LogP contribution in [0.4, 0.5) is 17.1 Å². The summed E-state index contributed by atoms with van der Waals surface area (Å²) in [6, 6.07) is 92.7. The normalized spacial score (nSPS) is 11.4. The molecule has 0 radical (unpaired) electrons. The minimum atomic E-state index is 1.09. The zero-order valence-corrected chi connectivity index (χ0v) is 35.1. The lowest BCUT2D eigenvalue weighted by Crippen LogP contribution is -2.10. The summed E-state index contributed by atoms with van der Waals surface area (Å²) >= 11 is 0. The number of aromatic nitrogens is 1. The van der Waals surface area contributed by atoms with E-state index in [2.05, 4.69) is 264 Å². The van der Waals surface area contributed by atoms with Gasteiger partial charge in [-0.1, -0.05) is 188 Å². The second kappa shape index (κ2) is 15.8. The van der Waals surface area contributed by atoms with Crippen LogP contribution < -0.4 is 4.90 Å². The minimum absolute atomic E-state index is 1.09. The number of hydrogen-bond acceptors (Lipinski definition) is 1. The third-order valence-corrected chi connectivity index (χ3v) is 12.7. The summed E-state index contributed by atoms with van der Waals surface area (Å²) in [5.74, 6) is 0. The lowest BCUT2D eigenvalue weighted by molar-refractivity contribution is 1.19. The van der Waals surface area contributed by atoms with E-state index in [9.17, 15) is 0 Å². The lowest BCUT2D eigenvalue weighted by Gasteiger charge is -2.26. The Kier molecular flexibility index (Phi) is 9.20. The molecule has 0 saturated heterocycles. The first-order valence-electron chi connectivity index (χ1n) is 22.0. The highest BCUT2D eigenvalue weighted by Crippen LogP contribution is 2.45. The molecular weight excluding hydrogens is 773 g/mol. The molecule has 0 aliphatic heterocycles. The first kappa shape index (κ1) is 37.3. The van der Waals surface area contributed by atoms with E-state index in [1.165, 1.54) is 82.3 Å². The molecule has 11 aromatic carbocycles. The molecule has 0 aliphatic carbocycles. The van der Waals surface area contributed by atoms with Crippen LogP contribution in [0.3, 0.4) is 0 Å². The van der Waals surface area contributed by atoms with Crippen LogP contribution in [-0.2, 0) is 0 Å². The van der Waals surface area contributed by atoms with Crippen LogP contribution in [0.15, 0.2) is 255 Å². The molecule has 2 nitrogen and oxygen atoms in total. The average molecular weight is 815 g/mol. The van der Waals surface area contributed by atoms with Crippen molar-refractivity contribution >= 4 is 60.4 Å². The Bertz CT molecular complexity index is 3620. The Morgan fingerprint density at radius 1 is 0.281 bits per heavy atom. The zero-order chi connectivity index (χ0) is 42.4. The van der Waals surface area contributed by atoms with E-state index in [1.54, 1.807) is 0 Å². The summed E-state index contributed by atoms with van der Waals surface area (Å²) in [6.07, 6.45) is 0. The Morgan fingerprint density at radius 2 is 0.781 bits per heavy atom. The second-order valence-electron chi connectivity index (χ2n) is 16.5. The van der Waals surface area contributed by atoms with Crippen molar-refractivity contribution in [3.8, 4) is 50.2 Å². The molecule has 0 aliphatic rings. The molecule has 0 saturated carbocycles. The number of nitrogens with zero attached hydrogens (tertiary/aromatic N) is 2. The van der Waals surface area contributed by atoms with Gasteiger partial charge >= 0.3 is 0 Å². The maximum Gasteiger partial charge on any atom is 0.0625 e. The molecule has 0 bridgehead atoms. The maximum absolute atomic E-state index is 2.44. The largest absolute Gasteiger partial charge is 0.310 e. The Morgan fingerprint density at radius 3 is 1.47 bits per heavy atom.